The van der Waals surface area contributed by atoms with E-state index in [0.29, 0.717) is 6.07 Å². The molecule has 0 aliphatic rings. The highest BCUT2D eigenvalue weighted by atomic mass is 79.9. The number of rotatable bonds is 3. The fraction of sp³-hybridized carbons (Fsp3) is 0. The second-order valence-corrected chi connectivity index (χ2v) is 6.32. The molecule has 0 radical (unpaired) electrons. The lowest BCUT2D eigenvalue weighted by atomic mass is 10.3. The average molecular weight is 364 g/mol. The highest BCUT2D eigenvalue weighted by Crippen LogP contribution is 2.28. The van der Waals surface area contributed by atoms with Crippen LogP contribution >= 0.6 is 15.9 Å². The van der Waals surface area contributed by atoms with Crippen molar-refractivity contribution in [3.63, 3.8) is 0 Å². The molecule has 0 aromatic heterocycles. The van der Waals surface area contributed by atoms with E-state index in [1.165, 1.54) is 18.2 Å². The lowest BCUT2D eigenvalue weighted by molar-refractivity contribution is 0.459. The summed E-state index contributed by atoms with van der Waals surface area (Å²) in [5.74, 6) is -2.25. The predicted molar refractivity (Wildman–Crippen MR) is 73.0 cm³/mol. The van der Waals surface area contributed by atoms with Crippen molar-refractivity contribution in [1.82, 2.24) is 0 Å². The van der Waals surface area contributed by atoms with Crippen LogP contribution in [0.25, 0.3) is 0 Å². The minimum absolute atomic E-state index is 0.125. The van der Waals surface area contributed by atoms with Gasteiger partial charge >= 0.3 is 0 Å². The molecule has 2 aromatic rings. The highest BCUT2D eigenvalue weighted by molar-refractivity contribution is 9.10. The minimum Gasteiger partial charge on any atom is -0.507 e. The normalized spacial score (nSPS) is 11.3. The van der Waals surface area contributed by atoms with Gasteiger partial charge in [0.1, 0.15) is 22.3 Å². The Morgan fingerprint density at radius 2 is 1.75 bits per heavy atom. The molecule has 0 bridgehead atoms. The third-order valence-corrected chi connectivity index (χ3v) is 4.43. The van der Waals surface area contributed by atoms with E-state index in [2.05, 4.69) is 15.9 Å². The second kappa shape index (κ2) is 5.37. The molecule has 2 N–H and O–H groups in total. The molecule has 0 unspecified atom stereocenters. The zero-order valence-corrected chi connectivity index (χ0v) is 12.2. The summed E-state index contributed by atoms with van der Waals surface area (Å²) < 4.78 is 52.7. The molecule has 2 aromatic carbocycles. The first-order valence-electron chi connectivity index (χ1n) is 5.26. The van der Waals surface area contributed by atoms with Crippen molar-refractivity contribution in [3.05, 3.63) is 52.5 Å². The molecule has 4 nitrogen and oxygen atoms in total. The first kappa shape index (κ1) is 14.7. The van der Waals surface area contributed by atoms with Crippen LogP contribution in [0.15, 0.2) is 45.8 Å². The molecule has 106 valence electrons. The molecule has 20 heavy (non-hydrogen) atoms. The molecule has 8 heteroatoms. The minimum atomic E-state index is -4.22. The number of halogens is 3. The molecule has 0 fully saturated rings. The van der Waals surface area contributed by atoms with Crippen LogP contribution in [0.2, 0.25) is 0 Å². The van der Waals surface area contributed by atoms with Gasteiger partial charge in [-0.1, -0.05) is 12.1 Å². The third kappa shape index (κ3) is 2.91. The van der Waals surface area contributed by atoms with Gasteiger partial charge in [-0.25, -0.2) is 17.2 Å². The summed E-state index contributed by atoms with van der Waals surface area (Å²) in [7, 11) is -4.22. The molecule has 0 amide bonds. The van der Waals surface area contributed by atoms with Crippen LogP contribution < -0.4 is 4.72 Å². The molecule has 0 saturated heterocycles. The second-order valence-electron chi connectivity index (χ2n) is 3.82. The number of hydrogen-bond donors (Lipinski definition) is 2. The molecule has 0 atom stereocenters. The number of hydrogen-bond acceptors (Lipinski definition) is 3. The maximum absolute atomic E-state index is 13.6. The van der Waals surface area contributed by atoms with Crippen LogP contribution in [0.4, 0.5) is 14.5 Å². The predicted octanol–water partition coefficient (Wildman–Crippen LogP) is 3.23. The zero-order chi connectivity index (χ0) is 14.9. The van der Waals surface area contributed by atoms with E-state index in [1.54, 1.807) is 0 Å². The third-order valence-electron chi connectivity index (χ3n) is 2.41. The van der Waals surface area contributed by atoms with E-state index in [0.717, 1.165) is 12.1 Å². The van der Waals surface area contributed by atoms with Gasteiger partial charge in [-0.15, -0.1) is 0 Å². The van der Waals surface area contributed by atoms with Gasteiger partial charge in [0, 0.05) is 6.07 Å². The van der Waals surface area contributed by atoms with Crippen LogP contribution in [0.3, 0.4) is 0 Å². The van der Waals surface area contributed by atoms with Crippen LogP contribution in [-0.4, -0.2) is 13.5 Å². The van der Waals surface area contributed by atoms with E-state index < -0.39 is 38.0 Å². The van der Waals surface area contributed by atoms with Crippen molar-refractivity contribution in [3.8, 4) is 5.75 Å². The lowest BCUT2D eigenvalue weighted by Crippen LogP contribution is -2.14. The van der Waals surface area contributed by atoms with Gasteiger partial charge in [-0.3, -0.25) is 4.72 Å². The number of phenols is 1. The largest absolute Gasteiger partial charge is 0.507 e. The topological polar surface area (TPSA) is 66.4 Å². The first-order valence-corrected chi connectivity index (χ1v) is 7.54. The van der Waals surface area contributed by atoms with Gasteiger partial charge in [0.2, 0.25) is 0 Å². The first-order chi connectivity index (χ1) is 9.31. The van der Waals surface area contributed by atoms with E-state index in [-0.39, 0.29) is 4.47 Å². The van der Waals surface area contributed by atoms with E-state index in [4.69, 9.17) is 0 Å². The van der Waals surface area contributed by atoms with Gasteiger partial charge in [-0.05, 0) is 34.1 Å². The Kier molecular flexibility index (Phi) is 3.96. The Balaban J connectivity index is 2.44. The summed E-state index contributed by atoms with van der Waals surface area (Å²) in [5, 5.41) is 9.50. The van der Waals surface area contributed by atoms with Crippen molar-refractivity contribution in [2.45, 2.75) is 4.90 Å². The summed E-state index contributed by atoms with van der Waals surface area (Å²) in [6, 6.07) is 6.66. The Bertz CT molecular complexity index is 765. The van der Waals surface area contributed by atoms with Crippen LogP contribution in [0, 0.1) is 11.6 Å². The van der Waals surface area contributed by atoms with Crippen molar-refractivity contribution < 1.29 is 22.3 Å². The van der Waals surface area contributed by atoms with Gasteiger partial charge in [0.05, 0.1) is 10.2 Å². The number of benzene rings is 2. The molecule has 0 aliphatic carbocycles. The lowest BCUT2D eigenvalue weighted by Gasteiger charge is -2.10. The molecule has 0 saturated carbocycles. The Hall–Kier alpha value is -1.67. The quantitative estimate of drug-likeness (QED) is 0.822. The van der Waals surface area contributed by atoms with Crippen molar-refractivity contribution >= 4 is 31.6 Å². The van der Waals surface area contributed by atoms with Crippen LogP contribution in [0.1, 0.15) is 0 Å². The van der Waals surface area contributed by atoms with Crippen LogP contribution in [-0.2, 0) is 10.0 Å². The van der Waals surface area contributed by atoms with Gasteiger partial charge < -0.3 is 5.11 Å². The standard InChI is InChI=1S/C12H8BrF2NO3S/c13-7-5-9(15)10(6-8(7)14)16-20(18,19)12-4-2-1-3-11(12)17/h1-6,16-17H. The van der Waals surface area contributed by atoms with Gasteiger partial charge in [0.15, 0.2) is 0 Å². The molecular formula is C12H8BrF2NO3S. The Labute approximate surface area is 122 Å². The highest BCUT2D eigenvalue weighted by Gasteiger charge is 2.20. The SMILES string of the molecule is O=S(=O)(Nc1cc(F)c(Br)cc1F)c1ccccc1O. The average Bonchev–Trinajstić information content (AvgIpc) is 2.36. The summed E-state index contributed by atoms with van der Waals surface area (Å²) >= 11 is 2.78. The number of sulfonamides is 1. The molecule has 0 spiro atoms. The maximum atomic E-state index is 13.6. The monoisotopic (exact) mass is 363 g/mol. The summed E-state index contributed by atoms with van der Waals surface area (Å²) in [5.41, 5.74) is -0.547. The van der Waals surface area contributed by atoms with Crippen LogP contribution in [0.5, 0.6) is 5.75 Å². The van der Waals surface area contributed by atoms with Gasteiger partial charge in [0.25, 0.3) is 10.0 Å². The molecule has 2 rings (SSSR count). The Morgan fingerprint density at radius 3 is 2.40 bits per heavy atom. The number of nitrogens with one attached hydrogen (secondary N) is 1. The van der Waals surface area contributed by atoms with E-state index in [9.17, 15) is 22.3 Å². The number of phenolic OH excluding ortho intramolecular Hbond substituents is 1. The molecule has 0 heterocycles. The zero-order valence-electron chi connectivity index (χ0n) is 9.77. The molecular weight excluding hydrogens is 356 g/mol. The fourth-order valence-electron chi connectivity index (χ4n) is 1.48. The van der Waals surface area contributed by atoms with E-state index in [1.807, 2.05) is 4.72 Å². The summed E-state index contributed by atoms with van der Waals surface area (Å²) in [4.78, 5) is -0.428. The smallest absolute Gasteiger partial charge is 0.265 e. The summed E-state index contributed by atoms with van der Waals surface area (Å²) in [6.07, 6.45) is 0. The van der Waals surface area contributed by atoms with Crippen molar-refractivity contribution in [2.75, 3.05) is 4.72 Å². The van der Waals surface area contributed by atoms with E-state index >= 15 is 0 Å². The summed E-state index contributed by atoms with van der Waals surface area (Å²) in [6.45, 7) is 0. The molecule has 0 aliphatic heterocycles. The fourth-order valence-corrected chi connectivity index (χ4v) is 2.96. The number of para-hydroxylation sites is 1. The Morgan fingerprint density at radius 1 is 1.10 bits per heavy atom. The van der Waals surface area contributed by atoms with Crippen molar-refractivity contribution in [2.24, 2.45) is 0 Å². The van der Waals surface area contributed by atoms with Gasteiger partial charge in [-0.2, -0.15) is 0 Å². The van der Waals surface area contributed by atoms with Crippen molar-refractivity contribution in [1.29, 1.82) is 0 Å². The number of anilines is 1. The maximum Gasteiger partial charge on any atom is 0.265 e. The number of aromatic hydroxyl groups is 1.